The van der Waals surface area contributed by atoms with Crippen molar-refractivity contribution in [1.82, 2.24) is 0 Å². The van der Waals surface area contributed by atoms with Crippen molar-refractivity contribution in [1.29, 1.82) is 0 Å². The van der Waals surface area contributed by atoms with Crippen molar-refractivity contribution in [3.05, 3.63) is 0 Å². The molecular formula is C15H32O4S2Si. The third-order valence-corrected chi connectivity index (χ3v) is 7.13. The second-order valence-electron chi connectivity index (χ2n) is 5.82. The van der Waals surface area contributed by atoms with Crippen molar-refractivity contribution in [2.24, 2.45) is 0 Å². The van der Waals surface area contributed by atoms with E-state index in [2.05, 4.69) is 0 Å². The lowest BCUT2D eigenvalue weighted by molar-refractivity contribution is 0.00319. The minimum absolute atomic E-state index is 0.0846. The van der Waals surface area contributed by atoms with Crippen LogP contribution < -0.4 is 0 Å². The van der Waals surface area contributed by atoms with Gasteiger partial charge in [0, 0.05) is 30.1 Å². The zero-order valence-corrected chi connectivity index (χ0v) is 17.6. The van der Waals surface area contributed by atoms with Gasteiger partial charge in [0.1, 0.15) is 0 Å². The Hall–Kier alpha value is 0.337. The van der Waals surface area contributed by atoms with Crippen molar-refractivity contribution in [3.8, 4) is 0 Å². The molecule has 0 rings (SSSR count). The van der Waals surface area contributed by atoms with Gasteiger partial charge in [-0.3, -0.25) is 0 Å². The molecule has 0 fully saturated rings. The molecule has 0 unspecified atom stereocenters. The van der Waals surface area contributed by atoms with Gasteiger partial charge in [-0.15, -0.1) is 0 Å². The lowest BCUT2D eigenvalue weighted by Gasteiger charge is -2.34. The van der Waals surface area contributed by atoms with Crippen LogP contribution in [0.3, 0.4) is 0 Å². The molecule has 0 spiro atoms. The number of rotatable bonds is 11. The first kappa shape index (κ1) is 22.3. The second-order valence-corrected chi connectivity index (χ2v) is 10.1. The molecule has 0 aliphatic rings. The van der Waals surface area contributed by atoms with E-state index in [4.69, 9.17) is 30.2 Å². The number of hydrogen-bond donors (Lipinski definition) is 0. The van der Waals surface area contributed by atoms with Crippen LogP contribution in [0, 0.1) is 0 Å². The van der Waals surface area contributed by atoms with Crippen LogP contribution >= 0.6 is 24.0 Å². The van der Waals surface area contributed by atoms with Gasteiger partial charge in [-0.1, -0.05) is 11.8 Å². The van der Waals surface area contributed by atoms with Gasteiger partial charge in [0.05, 0.1) is 6.61 Å². The van der Waals surface area contributed by atoms with Gasteiger partial charge in [0.25, 0.3) is 0 Å². The van der Waals surface area contributed by atoms with Gasteiger partial charge in [-0.05, 0) is 67.1 Å². The summed E-state index contributed by atoms with van der Waals surface area (Å²) in [5, 5.41) is 0. The molecule has 4 nitrogen and oxygen atoms in total. The molecular weight excluding hydrogens is 336 g/mol. The van der Waals surface area contributed by atoms with Crippen LogP contribution in [0.2, 0.25) is 6.04 Å². The number of thioether (sulfide) groups is 1. The Balaban J connectivity index is 4.63. The average Bonchev–Trinajstić information content (AvgIpc) is 2.32. The van der Waals surface area contributed by atoms with Gasteiger partial charge in [-0.2, -0.15) is 0 Å². The molecule has 0 bridgehead atoms. The Kier molecular flexibility index (Phi) is 12.0. The first-order chi connectivity index (χ1) is 10.2. The van der Waals surface area contributed by atoms with E-state index >= 15 is 0 Å². The average molecular weight is 369 g/mol. The molecule has 0 aliphatic carbocycles. The minimum Gasteiger partial charge on any atom is -0.479 e. The molecule has 0 saturated carbocycles. The van der Waals surface area contributed by atoms with Crippen molar-refractivity contribution >= 4 is 37.2 Å². The Morgan fingerprint density at radius 2 is 1.41 bits per heavy atom. The topological polar surface area (TPSA) is 36.9 Å². The van der Waals surface area contributed by atoms with Gasteiger partial charge >= 0.3 is 8.80 Å². The molecule has 0 aliphatic heterocycles. The fourth-order valence-corrected chi connectivity index (χ4v) is 6.51. The molecule has 0 amide bonds. The maximum Gasteiger partial charge on any atom is 0.501 e. The summed E-state index contributed by atoms with van der Waals surface area (Å²) in [6, 6.07) is 0.795. The third kappa shape index (κ3) is 11.0. The minimum atomic E-state index is -2.67. The first-order valence-electron chi connectivity index (χ1n) is 8.03. The highest BCUT2D eigenvalue weighted by molar-refractivity contribution is 8.22. The fourth-order valence-electron chi connectivity index (χ4n) is 1.94. The molecule has 0 atom stereocenters. The summed E-state index contributed by atoms with van der Waals surface area (Å²) in [6.45, 7) is 14.7. The van der Waals surface area contributed by atoms with Crippen LogP contribution in [-0.4, -0.2) is 43.9 Å². The summed E-state index contributed by atoms with van der Waals surface area (Å²) in [4.78, 5) is 0. The molecule has 7 heteroatoms. The normalized spacial score (nSPS) is 12.5. The van der Waals surface area contributed by atoms with Crippen molar-refractivity contribution in [2.75, 3.05) is 12.4 Å². The monoisotopic (exact) mass is 368 g/mol. The maximum absolute atomic E-state index is 6.14. The summed E-state index contributed by atoms with van der Waals surface area (Å²) in [5.41, 5.74) is 0. The van der Waals surface area contributed by atoms with E-state index in [1.165, 1.54) is 0 Å². The molecule has 132 valence electrons. The predicted octanol–water partition coefficient (Wildman–Crippen LogP) is 4.65. The van der Waals surface area contributed by atoms with Gasteiger partial charge in [-0.25, -0.2) is 0 Å². The van der Waals surface area contributed by atoms with Crippen LogP contribution in [0.4, 0.5) is 0 Å². The zero-order valence-electron chi connectivity index (χ0n) is 15.0. The highest BCUT2D eigenvalue weighted by Crippen LogP contribution is 2.25. The molecule has 22 heavy (non-hydrogen) atoms. The predicted molar refractivity (Wildman–Crippen MR) is 101 cm³/mol. The summed E-state index contributed by atoms with van der Waals surface area (Å²) >= 11 is 6.69. The number of thiocarbonyl (C=S) groups is 1. The Morgan fingerprint density at radius 3 is 1.77 bits per heavy atom. The Bertz CT molecular complexity index is 285. The summed E-state index contributed by atoms with van der Waals surface area (Å²) in [5.74, 6) is 0.887. The van der Waals surface area contributed by atoms with E-state index in [0.717, 1.165) is 18.2 Å². The largest absolute Gasteiger partial charge is 0.501 e. The molecule has 0 aromatic heterocycles. The molecule has 0 radical (unpaired) electrons. The molecule has 0 N–H and O–H groups in total. The van der Waals surface area contributed by atoms with E-state index in [1.807, 2.05) is 48.5 Å². The fraction of sp³-hybridized carbons (Fsp3) is 0.933. The van der Waals surface area contributed by atoms with Gasteiger partial charge in [0.2, 0.25) is 4.38 Å². The lowest BCUT2D eigenvalue weighted by Crippen LogP contribution is -2.50. The van der Waals surface area contributed by atoms with E-state index in [9.17, 15) is 0 Å². The highest BCUT2D eigenvalue weighted by Gasteiger charge is 2.43. The van der Waals surface area contributed by atoms with Gasteiger partial charge < -0.3 is 18.0 Å². The van der Waals surface area contributed by atoms with Crippen LogP contribution in [0.5, 0.6) is 0 Å². The SMILES string of the molecule is CCOC(=S)SCCC[Si](OC(C)C)(OC(C)C)OC(C)C. The Labute approximate surface area is 147 Å². The number of ether oxygens (including phenoxy) is 1. The van der Waals surface area contributed by atoms with E-state index in [-0.39, 0.29) is 18.3 Å². The van der Waals surface area contributed by atoms with Crippen LogP contribution in [0.15, 0.2) is 0 Å². The number of hydrogen-bond acceptors (Lipinski definition) is 6. The molecule has 0 aromatic carbocycles. The maximum atomic E-state index is 6.14. The van der Waals surface area contributed by atoms with Gasteiger partial charge in [0.15, 0.2) is 0 Å². The molecule has 0 heterocycles. The van der Waals surface area contributed by atoms with Crippen molar-refractivity contribution in [3.63, 3.8) is 0 Å². The van der Waals surface area contributed by atoms with Crippen LogP contribution in [0.1, 0.15) is 54.9 Å². The summed E-state index contributed by atoms with van der Waals surface area (Å²) < 4.78 is 24.3. The van der Waals surface area contributed by atoms with E-state index < -0.39 is 8.80 Å². The quantitative estimate of drug-likeness (QED) is 0.300. The third-order valence-electron chi connectivity index (χ3n) is 2.36. The van der Waals surface area contributed by atoms with Crippen LogP contribution in [-0.2, 0) is 18.0 Å². The van der Waals surface area contributed by atoms with Crippen LogP contribution in [0.25, 0.3) is 0 Å². The molecule has 0 saturated heterocycles. The highest BCUT2D eigenvalue weighted by atomic mass is 32.2. The summed E-state index contributed by atoms with van der Waals surface area (Å²) in [6.07, 6.45) is 1.18. The molecule has 0 aromatic rings. The summed E-state index contributed by atoms with van der Waals surface area (Å²) in [7, 11) is -2.67. The lowest BCUT2D eigenvalue weighted by atomic mass is 10.5. The first-order valence-corrected chi connectivity index (χ1v) is 11.4. The smallest absolute Gasteiger partial charge is 0.479 e. The van der Waals surface area contributed by atoms with E-state index in [1.54, 1.807) is 11.8 Å². The second kappa shape index (κ2) is 11.8. The van der Waals surface area contributed by atoms with E-state index in [0.29, 0.717) is 11.0 Å². The van der Waals surface area contributed by atoms with Crippen molar-refractivity contribution < 1.29 is 18.0 Å². The zero-order chi connectivity index (χ0) is 17.2. The standard InChI is InChI=1S/C15H32O4S2Si/c1-8-16-15(20)21-10-9-11-22(17-12(2)3,18-13(4)5)19-14(6)7/h12-14H,8-11H2,1-7H3. The Morgan fingerprint density at radius 1 is 0.955 bits per heavy atom. The van der Waals surface area contributed by atoms with Crippen molar-refractivity contribution in [2.45, 2.75) is 79.2 Å².